The molecule has 12 atom stereocenters. The van der Waals surface area contributed by atoms with Crippen molar-refractivity contribution in [2.24, 2.45) is 45.3 Å². The predicted molar refractivity (Wildman–Crippen MR) is 175 cm³/mol. The number of esters is 1. The van der Waals surface area contributed by atoms with Gasteiger partial charge in [-0.1, -0.05) is 20.8 Å². The predicted octanol–water partition coefficient (Wildman–Crippen LogP) is 5.71. The van der Waals surface area contributed by atoms with E-state index in [1.165, 1.54) is 45.4 Å². The first kappa shape index (κ1) is 33.7. The Labute approximate surface area is 277 Å². The second-order valence-electron chi connectivity index (χ2n) is 18.9. The van der Waals surface area contributed by atoms with Crippen LogP contribution in [-0.2, 0) is 23.7 Å². The van der Waals surface area contributed by atoms with Crippen molar-refractivity contribution in [2.45, 2.75) is 161 Å². The quantitative estimate of drug-likeness (QED) is 0.340. The second-order valence-corrected chi connectivity index (χ2v) is 18.9. The summed E-state index contributed by atoms with van der Waals surface area (Å²) >= 11 is 0. The zero-order valence-electron chi connectivity index (χ0n) is 30.0. The first-order valence-electron chi connectivity index (χ1n) is 18.7. The Morgan fingerprint density at radius 3 is 2.41 bits per heavy atom. The van der Waals surface area contributed by atoms with Gasteiger partial charge in [0.15, 0.2) is 12.4 Å². The average molecular weight is 646 g/mol. The SMILES string of the molecule is CC(=O)O[C@@H](C1CCC2C(CC3C4CCC5C(C)(C)[C@@H](OC6CN(C(C)(C)CO)CCO6)CC[C@@]56CC46CCC23C)O1)C(C)(C)O. The number of fused-ring (bicyclic) bond motifs is 4. The molecular weight excluding hydrogens is 582 g/mol. The van der Waals surface area contributed by atoms with Gasteiger partial charge in [0.25, 0.3) is 0 Å². The van der Waals surface area contributed by atoms with Gasteiger partial charge in [0, 0.05) is 19.0 Å². The van der Waals surface area contributed by atoms with E-state index in [1.54, 1.807) is 13.8 Å². The summed E-state index contributed by atoms with van der Waals surface area (Å²) in [4.78, 5) is 14.3. The fourth-order valence-electron chi connectivity index (χ4n) is 13.1. The van der Waals surface area contributed by atoms with Crippen molar-refractivity contribution >= 4 is 5.97 Å². The highest BCUT2D eigenvalue weighted by molar-refractivity contribution is 5.66. The van der Waals surface area contributed by atoms with Crippen LogP contribution < -0.4 is 0 Å². The van der Waals surface area contributed by atoms with Crippen LogP contribution in [0.25, 0.3) is 0 Å². The molecule has 0 radical (unpaired) electrons. The number of ether oxygens (including phenoxy) is 4. The van der Waals surface area contributed by atoms with Crippen LogP contribution in [0.2, 0.25) is 0 Å². The summed E-state index contributed by atoms with van der Waals surface area (Å²) in [5, 5.41) is 20.9. The maximum Gasteiger partial charge on any atom is 0.303 e. The third-order valence-corrected chi connectivity index (χ3v) is 15.5. The van der Waals surface area contributed by atoms with Crippen molar-refractivity contribution in [1.82, 2.24) is 4.90 Å². The van der Waals surface area contributed by atoms with Gasteiger partial charge in [-0.2, -0.15) is 0 Å². The maximum absolute atomic E-state index is 12.0. The van der Waals surface area contributed by atoms with E-state index < -0.39 is 11.7 Å². The van der Waals surface area contributed by atoms with Crippen molar-refractivity contribution in [3.63, 3.8) is 0 Å². The number of rotatable bonds is 7. The van der Waals surface area contributed by atoms with Crippen LogP contribution in [0.4, 0.5) is 0 Å². The standard InChI is InChI=1S/C38H63NO7/c1-23(41)44-32(35(6,7)42)27-11-9-25-28(45-27)19-26-24-10-12-29-34(4,5)30(46-31-20-39(17-18-43-31)33(2,3)22-40)13-14-38(29)21-37(24,38)16-15-36(25,26)8/h24-32,40,42H,9-22H2,1-8H3/t24?,25?,26?,27?,28?,29?,30-,31?,32-,36?,37?,38+/m0/s1. The molecule has 0 aromatic carbocycles. The molecule has 0 aromatic heterocycles. The van der Waals surface area contributed by atoms with E-state index in [1.807, 2.05) is 0 Å². The van der Waals surface area contributed by atoms with Gasteiger partial charge in [-0.05, 0) is 137 Å². The van der Waals surface area contributed by atoms with Gasteiger partial charge >= 0.3 is 5.97 Å². The smallest absolute Gasteiger partial charge is 0.303 e. The lowest BCUT2D eigenvalue weighted by molar-refractivity contribution is -0.251. The van der Waals surface area contributed by atoms with E-state index >= 15 is 0 Å². The minimum absolute atomic E-state index is 0.0917. The fourth-order valence-corrected chi connectivity index (χ4v) is 13.1. The van der Waals surface area contributed by atoms with E-state index in [0.29, 0.717) is 47.2 Å². The average Bonchev–Trinajstić information content (AvgIpc) is 3.56. The van der Waals surface area contributed by atoms with Crippen LogP contribution in [0.3, 0.4) is 0 Å². The summed E-state index contributed by atoms with van der Waals surface area (Å²) in [6.07, 6.45) is 11.3. The number of hydrogen-bond donors (Lipinski definition) is 2. The van der Waals surface area contributed by atoms with Gasteiger partial charge in [0.05, 0.1) is 43.7 Å². The molecule has 2 saturated heterocycles. The molecule has 7 fully saturated rings. The Morgan fingerprint density at radius 2 is 1.72 bits per heavy atom. The Bertz CT molecular complexity index is 1180. The van der Waals surface area contributed by atoms with Crippen molar-refractivity contribution in [1.29, 1.82) is 0 Å². The number of carbonyl (C=O) groups excluding carboxylic acids is 1. The molecule has 2 N–H and O–H groups in total. The minimum Gasteiger partial charge on any atom is -0.457 e. The zero-order chi connectivity index (χ0) is 33.1. The van der Waals surface area contributed by atoms with E-state index in [-0.39, 0.29) is 48.1 Å². The topological polar surface area (TPSA) is 97.7 Å². The highest BCUT2D eigenvalue weighted by atomic mass is 16.7. The van der Waals surface area contributed by atoms with Crippen molar-refractivity contribution in [3.8, 4) is 0 Å². The van der Waals surface area contributed by atoms with Crippen molar-refractivity contribution in [2.75, 3.05) is 26.3 Å². The molecule has 46 heavy (non-hydrogen) atoms. The fraction of sp³-hybridized carbons (Fsp3) is 0.974. The lowest BCUT2D eigenvalue weighted by Gasteiger charge is -2.60. The summed E-state index contributed by atoms with van der Waals surface area (Å²) in [7, 11) is 0. The van der Waals surface area contributed by atoms with E-state index in [4.69, 9.17) is 18.9 Å². The van der Waals surface area contributed by atoms with Gasteiger partial charge in [0.1, 0.15) is 0 Å². The van der Waals surface area contributed by atoms with Crippen molar-refractivity contribution < 1.29 is 34.0 Å². The van der Waals surface area contributed by atoms with Crippen molar-refractivity contribution in [3.05, 3.63) is 0 Å². The number of morpholine rings is 1. The van der Waals surface area contributed by atoms with E-state index in [2.05, 4.69) is 39.5 Å². The number of aliphatic hydroxyl groups excluding tert-OH is 1. The first-order chi connectivity index (χ1) is 21.5. The molecule has 2 aliphatic heterocycles. The Balaban J connectivity index is 1.05. The van der Waals surface area contributed by atoms with Gasteiger partial charge in [-0.3, -0.25) is 9.69 Å². The molecule has 2 heterocycles. The molecule has 8 heteroatoms. The largest absolute Gasteiger partial charge is 0.457 e. The number of hydrogen-bond acceptors (Lipinski definition) is 8. The Kier molecular flexibility index (Phi) is 8.15. The highest BCUT2D eigenvalue weighted by Crippen LogP contribution is 2.87. The maximum atomic E-state index is 12.0. The summed E-state index contributed by atoms with van der Waals surface area (Å²) < 4.78 is 25.6. The molecule has 5 saturated carbocycles. The van der Waals surface area contributed by atoms with Crippen LogP contribution in [0.15, 0.2) is 0 Å². The third-order valence-electron chi connectivity index (χ3n) is 15.5. The molecule has 9 unspecified atom stereocenters. The van der Waals surface area contributed by atoms with Crippen LogP contribution in [0, 0.1) is 45.3 Å². The van der Waals surface area contributed by atoms with Crippen LogP contribution in [0.1, 0.15) is 120 Å². The molecule has 0 aromatic rings. The lowest BCUT2D eigenvalue weighted by atomic mass is 9.46. The molecule has 2 spiro atoms. The molecule has 5 aliphatic carbocycles. The zero-order valence-corrected chi connectivity index (χ0v) is 30.0. The van der Waals surface area contributed by atoms with E-state index in [9.17, 15) is 15.0 Å². The molecule has 0 amide bonds. The summed E-state index contributed by atoms with van der Waals surface area (Å²) in [6, 6.07) is 0. The van der Waals surface area contributed by atoms with Crippen LogP contribution in [0.5, 0.6) is 0 Å². The molecular formula is C38H63NO7. The monoisotopic (exact) mass is 645 g/mol. The summed E-state index contributed by atoms with van der Waals surface area (Å²) in [5.74, 6) is 2.30. The normalized spacial score (nSPS) is 47.4. The summed E-state index contributed by atoms with van der Waals surface area (Å²) in [5.41, 5.74) is -0.113. The molecule has 8 nitrogen and oxygen atoms in total. The number of aliphatic hydroxyl groups is 2. The minimum atomic E-state index is -1.14. The van der Waals surface area contributed by atoms with Gasteiger partial charge in [-0.15, -0.1) is 0 Å². The molecule has 7 aliphatic rings. The van der Waals surface area contributed by atoms with E-state index in [0.717, 1.165) is 38.1 Å². The molecule has 7 rings (SSSR count). The number of carbonyl (C=O) groups is 1. The lowest BCUT2D eigenvalue weighted by Crippen LogP contribution is -2.58. The molecule has 262 valence electrons. The second kappa shape index (κ2) is 11.1. The van der Waals surface area contributed by atoms with Crippen LogP contribution in [-0.4, -0.2) is 89.2 Å². The van der Waals surface area contributed by atoms with Gasteiger partial charge in [0.2, 0.25) is 0 Å². The first-order valence-corrected chi connectivity index (χ1v) is 18.7. The highest BCUT2D eigenvalue weighted by Gasteiger charge is 2.80. The Hall–Kier alpha value is -0.770. The van der Waals surface area contributed by atoms with Gasteiger partial charge in [-0.25, -0.2) is 0 Å². The van der Waals surface area contributed by atoms with Crippen LogP contribution >= 0.6 is 0 Å². The Morgan fingerprint density at radius 1 is 0.978 bits per heavy atom. The molecule has 0 bridgehead atoms. The number of nitrogens with zero attached hydrogens (tertiary/aromatic N) is 1. The summed E-state index contributed by atoms with van der Waals surface area (Å²) in [6.45, 7) is 19.0. The third kappa shape index (κ3) is 5.00. The van der Waals surface area contributed by atoms with Gasteiger partial charge < -0.3 is 29.2 Å².